The molecule has 3 N–H and O–H groups in total. The van der Waals surface area contributed by atoms with E-state index < -0.39 is 0 Å². The van der Waals surface area contributed by atoms with Gasteiger partial charge in [0, 0.05) is 42.8 Å². The van der Waals surface area contributed by atoms with Crippen molar-refractivity contribution in [2.24, 2.45) is 0 Å². The maximum absolute atomic E-state index is 5.42. The molecule has 0 aliphatic rings. The molecular weight excluding hydrogens is 512 g/mol. The van der Waals surface area contributed by atoms with Crippen LogP contribution in [0.5, 0.6) is 5.75 Å². The highest BCUT2D eigenvalue weighted by Crippen LogP contribution is 2.32. The van der Waals surface area contributed by atoms with Crippen molar-refractivity contribution in [2.45, 2.75) is 13.1 Å². The van der Waals surface area contributed by atoms with E-state index in [1.165, 1.54) is 5.56 Å². The number of hydrogen-bond acceptors (Lipinski definition) is 7. The summed E-state index contributed by atoms with van der Waals surface area (Å²) in [6.07, 6.45) is 5.47. The molecule has 9 heteroatoms. The number of methoxy groups -OCH3 is 1. The van der Waals surface area contributed by atoms with E-state index in [2.05, 4.69) is 48.7 Å². The van der Waals surface area contributed by atoms with Gasteiger partial charge in [-0.3, -0.25) is 10.1 Å². The van der Waals surface area contributed by atoms with Crippen LogP contribution in [-0.2, 0) is 13.1 Å². The second-order valence-electron chi connectivity index (χ2n) is 9.71. The number of pyridine rings is 3. The molecule has 7 aromatic rings. The SMILES string of the molecule is COc1cccc(-c2ccnc3nc(-c4n[nH]c5ccc(-c6cncc(CNCc7ccccc7)c6)nc45)[nH]c23)c1. The molecule has 41 heavy (non-hydrogen) atoms. The maximum Gasteiger partial charge on any atom is 0.178 e. The van der Waals surface area contributed by atoms with Crippen LogP contribution in [0.15, 0.2) is 97.5 Å². The molecule has 2 aromatic carbocycles. The van der Waals surface area contributed by atoms with Crippen molar-refractivity contribution in [1.29, 1.82) is 0 Å². The van der Waals surface area contributed by atoms with Gasteiger partial charge in [0.2, 0.25) is 0 Å². The summed E-state index contributed by atoms with van der Waals surface area (Å²) in [5.41, 5.74) is 9.65. The van der Waals surface area contributed by atoms with Crippen molar-refractivity contribution in [3.05, 3.63) is 109 Å². The highest BCUT2D eigenvalue weighted by Gasteiger charge is 2.17. The molecule has 0 aliphatic heterocycles. The number of imidazole rings is 1. The Kier molecular flexibility index (Phi) is 6.38. The van der Waals surface area contributed by atoms with Crippen LogP contribution >= 0.6 is 0 Å². The Balaban J connectivity index is 1.20. The second-order valence-corrected chi connectivity index (χ2v) is 9.71. The fraction of sp³-hybridized carbons (Fsp3) is 0.0938. The molecule has 0 radical (unpaired) electrons. The highest BCUT2D eigenvalue weighted by molar-refractivity contribution is 5.95. The molecule has 7 rings (SSSR count). The van der Waals surface area contributed by atoms with E-state index in [1.807, 2.05) is 73.1 Å². The molecule has 0 spiro atoms. The van der Waals surface area contributed by atoms with Gasteiger partial charge in [-0.2, -0.15) is 5.10 Å². The fourth-order valence-electron chi connectivity index (χ4n) is 4.95. The Hall–Kier alpha value is -5.41. The summed E-state index contributed by atoms with van der Waals surface area (Å²) in [7, 11) is 1.66. The van der Waals surface area contributed by atoms with Gasteiger partial charge in [-0.05, 0) is 53.1 Å². The molecule has 200 valence electrons. The van der Waals surface area contributed by atoms with Crippen LogP contribution in [0, 0.1) is 0 Å². The predicted octanol–water partition coefficient (Wildman–Crippen LogP) is 5.92. The number of hydrogen-bond donors (Lipinski definition) is 3. The van der Waals surface area contributed by atoms with Crippen LogP contribution in [0.4, 0.5) is 0 Å². The minimum atomic E-state index is 0.593. The fourth-order valence-corrected chi connectivity index (χ4v) is 4.95. The van der Waals surface area contributed by atoms with E-state index in [9.17, 15) is 0 Å². The molecule has 0 saturated heterocycles. The zero-order chi connectivity index (χ0) is 27.6. The van der Waals surface area contributed by atoms with Crippen molar-refractivity contribution in [2.75, 3.05) is 7.11 Å². The number of aromatic amines is 2. The quantitative estimate of drug-likeness (QED) is 0.220. The van der Waals surface area contributed by atoms with E-state index in [0.717, 1.165) is 56.8 Å². The molecule has 5 aromatic heterocycles. The van der Waals surface area contributed by atoms with Gasteiger partial charge in [0.25, 0.3) is 0 Å². The first kappa shape index (κ1) is 24.6. The summed E-state index contributed by atoms with van der Waals surface area (Å²) in [4.78, 5) is 22.2. The predicted molar refractivity (Wildman–Crippen MR) is 159 cm³/mol. The number of rotatable bonds is 8. The summed E-state index contributed by atoms with van der Waals surface area (Å²) in [5.74, 6) is 1.38. The minimum absolute atomic E-state index is 0.593. The van der Waals surface area contributed by atoms with Crippen LogP contribution in [0.2, 0.25) is 0 Å². The van der Waals surface area contributed by atoms with Crippen molar-refractivity contribution in [1.82, 2.24) is 40.4 Å². The number of aromatic nitrogens is 7. The Morgan fingerprint density at radius 1 is 0.829 bits per heavy atom. The number of ether oxygens (including phenoxy) is 1. The summed E-state index contributed by atoms with van der Waals surface area (Å²) in [5, 5.41) is 11.1. The largest absolute Gasteiger partial charge is 0.497 e. The van der Waals surface area contributed by atoms with E-state index in [-0.39, 0.29) is 0 Å². The second kappa shape index (κ2) is 10.6. The summed E-state index contributed by atoms with van der Waals surface area (Å²) in [6, 6.07) is 26.3. The summed E-state index contributed by atoms with van der Waals surface area (Å²) < 4.78 is 5.42. The van der Waals surface area contributed by atoms with E-state index in [1.54, 1.807) is 13.3 Å². The lowest BCUT2D eigenvalue weighted by Crippen LogP contribution is -2.12. The number of nitrogens with one attached hydrogen (secondary N) is 3. The zero-order valence-corrected chi connectivity index (χ0v) is 22.3. The van der Waals surface area contributed by atoms with Crippen LogP contribution in [0.3, 0.4) is 0 Å². The molecule has 0 bridgehead atoms. The zero-order valence-electron chi connectivity index (χ0n) is 22.3. The van der Waals surface area contributed by atoms with Crippen LogP contribution < -0.4 is 10.1 Å². The Labute approximate surface area is 235 Å². The van der Waals surface area contributed by atoms with Gasteiger partial charge in [-0.15, -0.1) is 0 Å². The van der Waals surface area contributed by atoms with Crippen molar-refractivity contribution in [3.8, 4) is 39.7 Å². The van der Waals surface area contributed by atoms with E-state index in [0.29, 0.717) is 23.7 Å². The van der Waals surface area contributed by atoms with Crippen LogP contribution in [-0.4, -0.2) is 42.2 Å². The van der Waals surface area contributed by atoms with Crippen molar-refractivity contribution < 1.29 is 4.74 Å². The molecule has 0 saturated carbocycles. The Morgan fingerprint density at radius 2 is 1.73 bits per heavy atom. The van der Waals surface area contributed by atoms with Crippen LogP contribution in [0.25, 0.3) is 56.1 Å². The number of nitrogens with zero attached hydrogens (tertiary/aromatic N) is 5. The molecule has 0 amide bonds. The first-order valence-corrected chi connectivity index (χ1v) is 13.3. The molecule has 0 fully saturated rings. The maximum atomic E-state index is 5.42. The topological polar surface area (TPSA) is 117 Å². The molecule has 9 nitrogen and oxygen atoms in total. The Morgan fingerprint density at radius 3 is 2.63 bits per heavy atom. The molecule has 0 atom stereocenters. The number of H-pyrrole nitrogens is 2. The van der Waals surface area contributed by atoms with Crippen LogP contribution in [0.1, 0.15) is 11.1 Å². The van der Waals surface area contributed by atoms with Gasteiger partial charge >= 0.3 is 0 Å². The standard InChI is InChI=1S/C32H26N8O/c1-41-24-9-5-8-22(15-24)25-12-13-35-31-28(25)37-32(38-31)30-29-27(39-40-30)11-10-26(36-29)23-14-21(18-34-19-23)17-33-16-20-6-3-2-4-7-20/h2-15,18-19,33H,16-17H2,1H3,(H,39,40)(H,35,37,38). The lowest BCUT2D eigenvalue weighted by atomic mass is 10.1. The third-order valence-electron chi connectivity index (χ3n) is 7.00. The van der Waals surface area contributed by atoms with Gasteiger partial charge in [-0.1, -0.05) is 42.5 Å². The normalized spacial score (nSPS) is 11.3. The third-order valence-corrected chi connectivity index (χ3v) is 7.00. The first-order valence-electron chi connectivity index (χ1n) is 13.3. The first-order chi connectivity index (χ1) is 20.2. The van der Waals surface area contributed by atoms with Gasteiger partial charge in [0.15, 0.2) is 17.2 Å². The lowest BCUT2D eigenvalue weighted by molar-refractivity contribution is 0.415. The average molecular weight is 539 g/mol. The number of fused-ring (bicyclic) bond motifs is 2. The molecule has 0 unspecified atom stereocenters. The van der Waals surface area contributed by atoms with E-state index >= 15 is 0 Å². The summed E-state index contributed by atoms with van der Waals surface area (Å²) >= 11 is 0. The average Bonchev–Trinajstić information content (AvgIpc) is 3.65. The summed E-state index contributed by atoms with van der Waals surface area (Å²) in [6.45, 7) is 1.50. The smallest absolute Gasteiger partial charge is 0.178 e. The highest BCUT2D eigenvalue weighted by atomic mass is 16.5. The van der Waals surface area contributed by atoms with Gasteiger partial charge in [-0.25, -0.2) is 15.0 Å². The monoisotopic (exact) mass is 538 g/mol. The Bertz CT molecular complexity index is 1980. The number of benzene rings is 2. The van der Waals surface area contributed by atoms with E-state index in [4.69, 9.17) is 14.7 Å². The van der Waals surface area contributed by atoms with Crippen molar-refractivity contribution in [3.63, 3.8) is 0 Å². The van der Waals surface area contributed by atoms with Gasteiger partial charge in [0.05, 0.1) is 23.8 Å². The lowest BCUT2D eigenvalue weighted by Gasteiger charge is -2.07. The molecule has 5 heterocycles. The molecular formula is C32H26N8O. The van der Waals surface area contributed by atoms with Gasteiger partial charge < -0.3 is 15.0 Å². The van der Waals surface area contributed by atoms with Crippen molar-refractivity contribution >= 4 is 22.2 Å². The molecule has 0 aliphatic carbocycles. The minimum Gasteiger partial charge on any atom is -0.497 e. The van der Waals surface area contributed by atoms with Gasteiger partial charge in [0.1, 0.15) is 11.3 Å². The third kappa shape index (κ3) is 4.90.